The topological polar surface area (TPSA) is 89.1 Å². The molecule has 0 unspecified atom stereocenters. The Hall–Kier alpha value is -4.13. The smallest absolute Gasteiger partial charge is 0.269 e. The molecule has 150 valence electrons. The molecule has 0 saturated heterocycles. The molecule has 0 aliphatic heterocycles. The summed E-state index contributed by atoms with van der Waals surface area (Å²) in [6, 6.07) is 16.8. The van der Waals surface area contributed by atoms with E-state index in [4.69, 9.17) is 9.47 Å². The molecule has 0 spiro atoms. The molecule has 0 saturated carbocycles. The third-order valence-electron chi connectivity index (χ3n) is 4.54. The van der Waals surface area contributed by atoms with Gasteiger partial charge in [0.2, 0.25) is 0 Å². The lowest BCUT2D eigenvalue weighted by Gasteiger charge is -2.11. The SMILES string of the molecule is CNC(=O)c1cc(Oc2ccc(/C=C/c3n[nH]c4ccccc34)cc2OC)ccn1. The van der Waals surface area contributed by atoms with E-state index in [-0.39, 0.29) is 11.6 Å². The number of pyridine rings is 1. The summed E-state index contributed by atoms with van der Waals surface area (Å²) in [4.78, 5) is 15.8. The Labute approximate surface area is 173 Å². The minimum atomic E-state index is -0.279. The van der Waals surface area contributed by atoms with Crippen molar-refractivity contribution in [3.05, 3.63) is 77.7 Å². The van der Waals surface area contributed by atoms with Gasteiger partial charge in [-0.25, -0.2) is 0 Å². The molecule has 7 nitrogen and oxygen atoms in total. The van der Waals surface area contributed by atoms with Gasteiger partial charge in [-0.1, -0.05) is 30.3 Å². The number of amides is 1. The minimum absolute atomic E-state index is 0.278. The predicted molar refractivity (Wildman–Crippen MR) is 116 cm³/mol. The Balaban J connectivity index is 1.57. The van der Waals surface area contributed by atoms with Gasteiger partial charge < -0.3 is 14.8 Å². The van der Waals surface area contributed by atoms with E-state index in [0.29, 0.717) is 17.2 Å². The van der Waals surface area contributed by atoms with Gasteiger partial charge in [0.25, 0.3) is 5.91 Å². The van der Waals surface area contributed by atoms with Crippen LogP contribution in [0, 0.1) is 0 Å². The molecule has 0 bridgehead atoms. The van der Waals surface area contributed by atoms with Crippen LogP contribution in [0.15, 0.2) is 60.8 Å². The van der Waals surface area contributed by atoms with Gasteiger partial charge in [0.15, 0.2) is 11.5 Å². The van der Waals surface area contributed by atoms with E-state index in [1.165, 1.54) is 6.20 Å². The van der Waals surface area contributed by atoms with Crippen LogP contribution in [0.2, 0.25) is 0 Å². The van der Waals surface area contributed by atoms with Crippen molar-refractivity contribution < 1.29 is 14.3 Å². The van der Waals surface area contributed by atoms with Crippen LogP contribution in [0.3, 0.4) is 0 Å². The third-order valence-corrected chi connectivity index (χ3v) is 4.54. The summed E-state index contributed by atoms with van der Waals surface area (Å²) in [5.41, 5.74) is 3.07. The molecule has 0 fully saturated rings. The first kappa shape index (κ1) is 19.2. The second-order valence-corrected chi connectivity index (χ2v) is 6.46. The summed E-state index contributed by atoms with van der Waals surface area (Å²) < 4.78 is 11.4. The monoisotopic (exact) mass is 400 g/mol. The zero-order valence-corrected chi connectivity index (χ0v) is 16.5. The van der Waals surface area contributed by atoms with Gasteiger partial charge in [-0.05, 0) is 35.9 Å². The first-order chi connectivity index (χ1) is 14.7. The fraction of sp³-hybridized carbons (Fsp3) is 0.0870. The maximum Gasteiger partial charge on any atom is 0.269 e. The largest absolute Gasteiger partial charge is 0.493 e. The number of H-pyrrole nitrogens is 1. The summed E-state index contributed by atoms with van der Waals surface area (Å²) in [5, 5.41) is 11.0. The van der Waals surface area contributed by atoms with Crippen LogP contribution in [0.5, 0.6) is 17.2 Å². The maximum atomic E-state index is 11.8. The summed E-state index contributed by atoms with van der Waals surface area (Å²) in [6.07, 6.45) is 5.44. The molecule has 4 rings (SSSR count). The van der Waals surface area contributed by atoms with Crippen LogP contribution in [-0.2, 0) is 0 Å². The van der Waals surface area contributed by atoms with Crippen molar-refractivity contribution in [2.24, 2.45) is 0 Å². The Morgan fingerprint density at radius 1 is 1.07 bits per heavy atom. The van der Waals surface area contributed by atoms with Crippen molar-refractivity contribution in [2.75, 3.05) is 14.2 Å². The highest BCUT2D eigenvalue weighted by molar-refractivity contribution is 5.92. The number of benzene rings is 2. The van der Waals surface area contributed by atoms with Crippen molar-refractivity contribution in [3.63, 3.8) is 0 Å². The number of hydrogen-bond donors (Lipinski definition) is 2. The predicted octanol–water partition coefficient (Wildman–Crippen LogP) is 4.29. The van der Waals surface area contributed by atoms with Crippen LogP contribution in [0.4, 0.5) is 0 Å². The number of aromatic amines is 1. The van der Waals surface area contributed by atoms with Crippen LogP contribution >= 0.6 is 0 Å². The molecule has 0 aliphatic carbocycles. The lowest BCUT2D eigenvalue weighted by Crippen LogP contribution is -2.18. The number of carbonyl (C=O) groups excluding carboxylic acids is 1. The number of fused-ring (bicyclic) bond motifs is 1. The zero-order valence-electron chi connectivity index (χ0n) is 16.5. The second-order valence-electron chi connectivity index (χ2n) is 6.46. The number of nitrogens with zero attached hydrogens (tertiary/aromatic N) is 2. The van der Waals surface area contributed by atoms with E-state index in [2.05, 4.69) is 20.5 Å². The number of carbonyl (C=O) groups is 1. The Morgan fingerprint density at radius 2 is 1.93 bits per heavy atom. The molecule has 0 aliphatic rings. The van der Waals surface area contributed by atoms with Gasteiger partial charge in [0.05, 0.1) is 18.3 Å². The molecule has 0 radical (unpaired) electrons. The first-order valence-electron chi connectivity index (χ1n) is 9.33. The van der Waals surface area contributed by atoms with Crippen molar-refractivity contribution in [2.45, 2.75) is 0 Å². The van der Waals surface area contributed by atoms with Gasteiger partial charge in [0, 0.05) is 24.7 Å². The normalized spacial score (nSPS) is 11.0. The van der Waals surface area contributed by atoms with E-state index < -0.39 is 0 Å². The van der Waals surface area contributed by atoms with Crippen LogP contribution < -0.4 is 14.8 Å². The number of methoxy groups -OCH3 is 1. The molecule has 0 atom stereocenters. The molecule has 2 aromatic heterocycles. The van der Waals surface area contributed by atoms with Crippen LogP contribution in [0.1, 0.15) is 21.7 Å². The van der Waals surface area contributed by atoms with Gasteiger partial charge >= 0.3 is 0 Å². The van der Waals surface area contributed by atoms with Crippen molar-refractivity contribution >= 4 is 29.0 Å². The lowest BCUT2D eigenvalue weighted by atomic mass is 10.1. The summed E-state index contributed by atoms with van der Waals surface area (Å²) in [7, 11) is 3.14. The Bertz CT molecular complexity index is 1230. The van der Waals surface area contributed by atoms with E-state index in [9.17, 15) is 4.79 Å². The maximum absolute atomic E-state index is 11.8. The Kier molecular flexibility index (Phi) is 5.43. The Morgan fingerprint density at radius 3 is 2.77 bits per heavy atom. The van der Waals surface area contributed by atoms with Crippen molar-refractivity contribution in [1.82, 2.24) is 20.5 Å². The van der Waals surface area contributed by atoms with Gasteiger partial charge in [-0.3, -0.25) is 14.9 Å². The fourth-order valence-electron chi connectivity index (χ4n) is 3.01. The number of para-hydroxylation sites is 1. The molecule has 2 aromatic carbocycles. The molecule has 7 heteroatoms. The van der Waals surface area contributed by atoms with Crippen LogP contribution in [-0.4, -0.2) is 35.2 Å². The highest BCUT2D eigenvalue weighted by atomic mass is 16.5. The number of rotatable bonds is 6. The average Bonchev–Trinajstić information content (AvgIpc) is 3.21. The summed E-state index contributed by atoms with van der Waals surface area (Å²) in [5.74, 6) is 1.32. The van der Waals surface area contributed by atoms with E-state index in [1.807, 2.05) is 54.6 Å². The highest BCUT2D eigenvalue weighted by Gasteiger charge is 2.10. The summed E-state index contributed by atoms with van der Waals surface area (Å²) >= 11 is 0. The lowest BCUT2D eigenvalue weighted by molar-refractivity contribution is 0.0958. The average molecular weight is 400 g/mol. The molecule has 30 heavy (non-hydrogen) atoms. The standard InChI is InChI=1S/C23H20N4O3/c1-24-23(28)20-14-16(11-12-25-20)30-21-10-8-15(13-22(21)29-2)7-9-19-17-5-3-4-6-18(17)26-27-19/h3-14H,1-2H3,(H,24,28)(H,26,27)/b9-7+. The molecule has 1 amide bonds. The second kappa shape index (κ2) is 8.48. The summed E-state index contributed by atoms with van der Waals surface area (Å²) in [6.45, 7) is 0. The quantitative estimate of drug-likeness (QED) is 0.504. The van der Waals surface area contributed by atoms with E-state index >= 15 is 0 Å². The van der Waals surface area contributed by atoms with Gasteiger partial charge in [-0.2, -0.15) is 5.10 Å². The molecule has 2 N–H and O–H groups in total. The first-order valence-corrected chi connectivity index (χ1v) is 9.33. The van der Waals surface area contributed by atoms with Crippen molar-refractivity contribution in [1.29, 1.82) is 0 Å². The molecule has 2 heterocycles. The molecular weight excluding hydrogens is 380 g/mol. The van der Waals surface area contributed by atoms with E-state index in [1.54, 1.807) is 26.3 Å². The van der Waals surface area contributed by atoms with Gasteiger partial charge in [0.1, 0.15) is 11.4 Å². The highest BCUT2D eigenvalue weighted by Crippen LogP contribution is 2.33. The minimum Gasteiger partial charge on any atom is -0.493 e. The van der Waals surface area contributed by atoms with Crippen LogP contribution in [0.25, 0.3) is 23.1 Å². The third kappa shape index (κ3) is 4.00. The number of hydrogen-bond acceptors (Lipinski definition) is 5. The molecule has 4 aromatic rings. The van der Waals surface area contributed by atoms with E-state index in [0.717, 1.165) is 22.2 Å². The zero-order chi connectivity index (χ0) is 20.9. The number of aromatic nitrogens is 3. The molecular formula is C23H20N4O3. The fourth-order valence-corrected chi connectivity index (χ4v) is 3.01. The number of nitrogens with one attached hydrogen (secondary N) is 2. The van der Waals surface area contributed by atoms with Crippen molar-refractivity contribution in [3.8, 4) is 17.2 Å². The number of ether oxygens (including phenoxy) is 2. The van der Waals surface area contributed by atoms with Gasteiger partial charge in [-0.15, -0.1) is 0 Å².